The van der Waals surface area contributed by atoms with Crippen molar-refractivity contribution < 1.29 is 18.7 Å². The summed E-state index contributed by atoms with van der Waals surface area (Å²) < 4.78 is 9.86. The van der Waals surface area contributed by atoms with Crippen LogP contribution in [0.1, 0.15) is 36.2 Å². The molecule has 0 bridgehead atoms. The van der Waals surface area contributed by atoms with Crippen molar-refractivity contribution in [3.8, 4) is 0 Å². The van der Waals surface area contributed by atoms with E-state index in [9.17, 15) is 9.59 Å². The molecule has 0 aliphatic rings. The smallest absolute Gasteiger partial charge is 0.373 e. The van der Waals surface area contributed by atoms with Crippen LogP contribution < -0.4 is 10.6 Å². The average molecular weight is 254 g/mol. The van der Waals surface area contributed by atoms with Crippen molar-refractivity contribution in [3.05, 3.63) is 23.7 Å². The van der Waals surface area contributed by atoms with E-state index in [1.165, 1.54) is 7.11 Å². The molecule has 100 valence electrons. The Hall–Kier alpha value is -1.82. The highest BCUT2D eigenvalue weighted by molar-refractivity contribution is 5.86. The molecule has 0 spiro atoms. The van der Waals surface area contributed by atoms with Crippen LogP contribution in [-0.4, -0.2) is 32.1 Å². The predicted molar refractivity (Wildman–Crippen MR) is 65.1 cm³/mol. The van der Waals surface area contributed by atoms with E-state index in [1.807, 2.05) is 13.8 Å². The third kappa shape index (κ3) is 3.89. The molecule has 1 aromatic rings. The van der Waals surface area contributed by atoms with Crippen LogP contribution in [0.3, 0.4) is 0 Å². The minimum absolute atomic E-state index is 0.0795. The molecular weight excluding hydrogens is 236 g/mol. The molecule has 0 aromatic carbocycles. The normalized spacial score (nSPS) is 11.9. The van der Waals surface area contributed by atoms with E-state index in [0.717, 1.165) is 0 Å². The summed E-state index contributed by atoms with van der Waals surface area (Å²) in [6, 6.07) is 3.07. The number of likely N-dealkylation sites (N-methyl/N-ethyl adjacent to an activating group) is 1. The predicted octanol–water partition coefficient (Wildman–Crippen LogP) is 0.853. The monoisotopic (exact) mass is 254 g/mol. The molecular formula is C12H18N2O4. The maximum Gasteiger partial charge on any atom is 0.373 e. The highest BCUT2D eigenvalue weighted by atomic mass is 16.5. The fraction of sp³-hybridized carbons (Fsp3) is 0.500. The van der Waals surface area contributed by atoms with E-state index >= 15 is 0 Å². The third-order valence-corrected chi connectivity index (χ3v) is 2.38. The number of carbonyl (C=O) groups excluding carboxylic acids is 2. The summed E-state index contributed by atoms with van der Waals surface area (Å²) in [4.78, 5) is 22.5. The Bertz CT molecular complexity index is 414. The Morgan fingerprint density at radius 2 is 2.17 bits per heavy atom. The number of rotatable bonds is 6. The van der Waals surface area contributed by atoms with Crippen molar-refractivity contribution in [1.82, 2.24) is 10.6 Å². The van der Waals surface area contributed by atoms with Crippen molar-refractivity contribution in [2.75, 3.05) is 20.2 Å². The SMILES string of the molecule is CCNC(=O)CNC(C)c1ccc(C(=O)OC)o1. The molecule has 2 N–H and O–H groups in total. The average Bonchev–Trinajstić information content (AvgIpc) is 2.85. The zero-order valence-corrected chi connectivity index (χ0v) is 10.8. The molecule has 6 heteroatoms. The number of furan rings is 1. The van der Waals surface area contributed by atoms with E-state index < -0.39 is 5.97 Å². The van der Waals surface area contributed by atoms with Crippen molar-refractivity contribution in [2.45, 2.75) is 19.9 Å². The number of esters is 1. The van der Waals surface area contributed by atoms with Gasteiger partial charge in [-0.05, 0) is 26.0 Å². The van der Waals surface area contributed by atoms with Crippen LogP contribution in [-0.2, 0) is 9.53 Å². The van der Waals surface area contributed by atoms with Crippen LogP contribution in [0.4, 0.5) is 0 Å². The number of ether oxygens (including phenoxy) is 1. The topological polar surface area (TPSA) is 80.6 Å². The summed E-state index contributed by atoms with van der Waals surface area (Å²) >= 11 is 0. The van der Waals surface area contributed by atoms with Crippen LogP contribution in [0.5, 0.6) is 0 Å². The van der Waals surface area contributed by atoms with Crippen LogP contribution in [0, 0.1) is 0 Å². The minimum Gasteiger partial charge on any atom is -0.463 e. The number of amides is 1. The lowest BCUT2D eigenvalue weighted by molar-refractivity contribution is -0.120. The minimum atomic E-state index is -0.517. The van der Waals surface area contributed by atoms with E-state index in [2.05, 4.69) is 15.4 Å². The van der Waals surface area contributed by atoms with Gasteiger partial charge in [-0.2, -0.15) is 0 Å². The first-order valence-corrected chi connectivity index (χ1v) is 5.76. The highest BCUT2D eigenvalue weighted by Gasteiger charge is 2.15. The summed E-state index contributed by atoms with van der Waals surface area (Å²) in [5.74, 6) is 0.139. The zero-order chi connectivity index (χ0) is 13.5. The molecule has 1 amide bonds. The zero-order valence-electron chi connectivity index (χ0n) is 10.8. The van der Waals surface area contributed by atoms with Gasteiger partial charge in [-0.15, -0.1) is 0 Å². The van der Waals surface area contributed by atoms with Gasteiger partial charge in [-0.3, -0.25) is 10.1 Å². The second-order valence-corrected chi connectivity index (χ2v) is 3.75. The maximum absolute atomic E-state index is 11.3. The molecule has 1 rings (SSSR count). The van der Waals surface area contributed by atoms with Crippen molar-refractivity contribution in [2.24, 2.45) is 0 Å². The van der Waals surface area contributed by atoms with Gasteiger partial charge in [0.25, 0.3) is 0 Å². The fourth-order valence-electron chi connectivity index (χ4n) is 1.40. The van der Waals surface area contributed by atoms with Gasteiger partial charge in [-0.25, -0.2) is 4.79 Å². The van der Waals surface area contributed by atoms with Crippen LogP contribution in [0.15, 0.2) is 16.5 Å². The first-order chi connectivity index (χ1) is 8.58. The molecule has 1 heterocycles. The van der Waals surface area contributed by atoms with Gasteiger partial charge in [0, 0.05) is 6.54 Å². The van der Waals surface area contributed by atoms with Crippen molar-refractivity contribution >= 4 is 11.9 Å². The van der Waals surface area contributed by atoms with Gasteiger partial charge in [0.2, 0.25) is 11.7 Å². The largest absolute Gasteiger partial charge is 0.463 e. The van der Waals surface area contributed by atoms with Gasteiger partial charge >= 0.3 is 5.97 Å². The van der Waals surface area contributed by atoms with Gasteiger partial charge in [0.1, 0.15) is 5.76 Å². The second kappa shape index (κ2) is 6.80. The lowest BCUT2D eigenvalue weighted by atomic mass is 10.2. The molecule has 1 atom stereocenters. The first kappa shape index (κ1) is 14.2. The van der Waals surface area contributed by atoms with E-state index in [0.29, 0.717) is 12.3 Å². The molecule has 6 nitrogen and oxygen atoms in total. The van der Waals surface area contributed by atoms with Gasteiger partial charge in [0.05, 0.1) is 19.7 Å². The molecule has 0 saturated heterocycles. The van der Waals surface area contributed by atoms with E-state index in [-0.39, 0.29) is 24.3 Å². The highest BCUT2D eigenvalue weighted by Crippen LogP contribution is 2.16. The number of hydrogen-bond acceptors (Lipinski definition) is 5. The van der Waals surface area contributed by atoms with Crippen LogP contribution >= 0.6 is 0 Å². The maximum atomic E-state index is 11.3. The number of hydrogen-bond donors (Lipinski definition) is 2. The summed E-state index contributed by atoms with van der Waals surface area (Å²) in [6.45, 7) is 4.50. The van der Waals surface area contributed by atoms with Crippen molar-refractivity contribution in [1.29, 1.82) is 0 Å². The van der Waals surface area contributed by atoms with Gasteiger partial charge < -0.3 is 14.5 Å². The van der Waals surface area contributed by atoms with Crippen LogP contribution in [0.2, 0.25) is 0 Å². The lowest BCUT2D eigenvalue weighted by Crippen LogP contribution is -2.34. The third-order valence-electron chi connectivity index (χ3n) is 2.38. The summed E-state index contributed by atoms with van der Waals surface area (Å²) in [6.07, 6.45) is 0. The molecule has 0 saturated carbocycles. The molecule has 1 unspecified atom stereocenters. The molecule has 0 radical (unpaired) electrons. The summed E-state index contributed by atoms with van der Waals surface area (Å²) in [5, 5.41) is 5.67. The van der Waals surface area contributed by atoms with Gasteiger partial charge in [-0.1, -0.05) is 0 Å². The summed E-state index contributed by atoms with van der Waals surface area (Å²) in [5.41, 5.74) is 0. The Morgan fingerprint density at radius 1 is 1.44 bits per heavy atom. The van der Waals surface area contributed by atoms with Crippen molar-refractivity contribution in [3.63, 3.8) is 0 Å². The lowest BCUT2D eigenvalue weighted by Gasteiger charge is -2.10. The number of nitrogens with one attached hydrogen (secondary N) is 2. The molecule has 0 aliphatic heterocycles. The number of carbonyl (C=O) groups is 2. The Balaban J connectivity index is 2.51. The first-order valence-electron chi connectivity index (χ1n) is 5.76. The Kier molecular flexibility index (Phi) is 5.38. The Labute approximate surface area is 106 Å². The van der Waals surface area contributed by atoms with E-state index in [1.54, 1.807) is 12.1 Å². The standard InChI is InChI=1S/C12H18N2O4/c1-4-13-11(15)7-14-8(2)9-5-6-10(18-9)12(16)17-3/h5-6,8,14H,4,7H2,1-3H3,(H,13,15). The fourth-order valence-corrected chi connectivity index (χ4v) is 1.40. The molecule has 0 aliphatic carbocycles. The summed E-state index contributed by atoms with van der Waals surface area (Å²) in [7, 11) is 1.29. The van der Waals surface area contributed by atoms with E-state index in [4.69, 9.17) is 4.42 Å². The Morgan fingerprint density at radius 3 is 2.78 bits per heavy atom. The second-order valence-electron chi connectivity index (χ2n) is 3.75. The number of methoxy groups -OCH3 is 1. The van der Waals surface area contributed by atoms with Crippen LogP contribution in [0.25, 0.3) is 0 Å². The molecule has 0 fully saturated rings. The quantitative estimate of drug-likeness (QED) is 0.736. The molecule has 18 heavy (non-hydrogen) atoms. The molecule has 1 aromatic heterocycles. The van der Waals surface area contributed by atoms with Gasteiger partial charge in [0.15, 0.2) is 0 Å².